The first-order valence-electron chi connectivity index (χ1n) is 5.84. The van der Waals surface area contributed by atoms with Gasteiger partial charge in [0.1, 0.15) is 6.04 Å². The molecule has 0 aliphatic rings. The Bertz CT molecular complexity index is 445. The third kappa shape index (κ3) is 7.62. The number of carbonyl (C=O) groups is 5. The highest BCUT2D eigenvalue weighted by Crippen LogP contribution is 2.04. The zero-order chi connectivity index (χ0) is 16.6. The fourth-order valence-electron chi connectivity index (χ4n) is 1.35. The zero-order valence-corrected chi connectivity index (χ0v) is 10.8. The van der Waals surface area contributed by atoms with Gasteiger partial charge in [0.2, 0.25) is 11.7 Å². The zero-order valence-electron chi connectivity index (χ0n) is 10.8. The lowest BCUT2D eigenvalue weighted by atomic mass is 10.1. The lowest BCUT2D eigenvalue weighted by molar-refractivity contribution is -0.149. The molecule has 0 saturated heterocycles. The van der Waals surface area contributed by atoms with E-state index in [0.29, 0.717) is 0 Å². The minimum atomic E-state index is -1.95. The largest absolute Gasteiger partial charge is 0.480 e. The van der Waals surface area contributed by atoms with E-state index in [4.69, 9.17) is 20.4 Å². The topological polar surface area (TPSA) is 178 Å². The van der Waals surface area contributed by atoms with Gasteiger partial charge in [-0.1, -0.05) is 0 Å². The van der Waals surface area contributed by atoms with Gasteiger partial charge in [0.25, 0.3) is 0 Å². The fourth-order valence-corrected chi connectivity index (χ4v) is 1.35. The molecule has 0 aromatic rings. The second kappa shape index (κ2) is 8.64. The Morgan fingerprint density at radius 2 is 1.52 bits per heavy atom. The third-order valence-electron chi connectivity index (χ3n) is 2.43. The van der Waals surface area contributed by atoms with Gasteiger partial charge in [0.05, 0.1) is 6.42 Å². The van der Waals surface area contributed by atoms with Crippen molar-refractivity contribution in [2.24, 2.45) is 0 Å². The summed E-state index contributed by atoms with van der Waals surface area (Å²) in [6.45, 7) is 0. The second-order valence-electron chi connectivity index (χ2n) is 4.14. The minimum absolute atomic E-state index is 0.0795. The van der Waals surface area contributed by atoms with E-state index in [0.717, 1.165) is 0 Å². The van der Waals surface area contributed by atoms with Crippen LogP contribution in [0, 0.1) is 0 Å². The quantitative estimate of drug-likeness (QED) is 0.291. The molecule has 0 aliphatic heterocycles. The molecule has 10 heteroatoms. The predicted octanol–water partition coefficient (Wildman–Crippen LogP) is -1.78. The number of carbonyl (C=O) groups excluding carboxylic acids is 2. The number of aliphatic carboxylic acids is 3. The van der Waals surface area contributed by atoms with Crippen molar-refractivity contribution in [3.63, 3.8) is 0 Å². The number of carboxylic acids is 3. The first kappa shape index (κ1) is 18.5. The highest BCUT2D eigenvalue weighted by molar-refractivity contribution is 6.32. The van der Waals surface area contributed by atoms with Gasteiger partial charge in [-0.05, 0) is 12.8 Å². The van der Waals surface area contributed by atoms with E-state index in [-0.39, 0.29) is 19.3 Å². The fraction of sp³-hybridized carbons (Fsp3) is 0.545. The van der Waals surface area contributed by atoms with Crippen LogP contribution < -0.4 is 5.32 Å². The van der Waals surface area contributed by atoms with Crippen LogP contribution in [0.3, 0.4) is 0 Å². The van der Waals surface area contributed by atoms with Crippen LogP contribution in [-0.2, 0) is 24.0 Å². The number of rotatable bonds is 10. The molecule has 0 fully saturated rings. The standard InChI is InChI=1S/C11H15NO9/c13-6(10(18)19)3-1-2-5(9(16)17)12-8(15)4-7(14)11(20)21/h5,7,14H,1-4H2,(H,12,15)(H,16,17)(H,18,19)(H,20,21). The van der Waals surface area contributed by atoms with Crippen LogP contribution in [0.25, 0.3) is 0 Å². The minimum Gasteiger partial charge on any atom is -0.480 e. The van der Waals surface area contributed by atoms with E-state index < -0.39 is 48.2 Å². The molecule has 0 saturated carbocycles. The molecular weight excluding hydrogens is 290 g/mol. The summed E-state index contributed by atoms with van der Waals surface area (Å²) in [6, 6.07) is -1.40. The summed E-state index contributed by atoms with van der Waals surface area (Å²) in [4.78, 5) is 53.6. The average Bonchev–Trinajstić information content (AvgIpc) is 2.36. The van der Waals surface area contributed by atoms with Gasteiger partial charge in [0, 0.05) is 6.42 Å². The van der Waals surface area contributed by atoms with E-state index in [9.17, 15) is 24.0 Å². The van der Waals surface area contributed by atoms with E-state index >= 15 is 0 Å². The first-order valence-corrected chi connectivity index (χ1v) is 5.84. The molecule has 1 amide bonds. The average molecular weight is 305 g/mol. The van der Waals surface area contributed by atoms with Crippen LogP contribution in [0.4, 0.5) is 0 Å². The number of aliphatic hydroxyl groups excluding tert-OH is 1. The third-order valence-corrected chi connectivity index (χ3v) is 2.43. The molecule has 0 aliphatic carbocycles. The van der Waals surface area contributed by atoms with Crippen molar-refractivity contribution in [2.75, 3.05) is 0 Å². The maximum Gasteiger partial charge on any atom is 0.372 e. The van der Waals surface area contributed by atoms with Crippen molar-refractivity contribution in [3.8, 4) is 0 Å². The predicted molar refractivity (Wildman–Crippen MR) is 64.3 cm³/mol. The molecule has 0 rings (SSSR count). The van der Waals surface area contributed by atoms with Crippen LogP contribution in [-0.4, -0.2) is 62.2 Å². The van der Waals surface area contributed by atoms with Crippen LogP contribution >= 0.6 is 0 Å². The summed E-state index contributed by atoms with van der Waals surface area (Å²) in [7, 11) is 0. The molecule has 0 aromatic carbocycles. The molecule has 2 unspecified atom stereocenters. The van der Waals surface area contributed by atoms with E-state index in [1.807, 2.05) is 5.32 Å². The number of nitrogens with one attached hydrogen (secondary N) is 1. The Hall–Kier alpha value is -2.49. The number of ketones is 1. The van der Waals surface area contributed by atoms with Crippen LogP contribution in [0.2, 0.25) is 0 Å². The van der Waals surface area contributed by atoms with Crippen LogP contribution in [0.15, 0.2) is 0 Å². The molecule has 0 bridgehead atoms. The van der Waals surface area contributed by atoms with Crippen molar-refractivity contribution in [1.29, 1.82) is 0 Å². The summed E-state index contributed by atoms with van der Waals surface area (Å²) < 4.78 is 0. The van der Waals surface area contributed by atoms with Crippen molar-refractivity contribution >= 4 is 29.6 Å². The molecule has 2 atom stereocenters. The molecule has 0 aromatic heterocycles. The van der Waals surface area contributed by atoms with E-state index in [1.54, 1.807) is 0 Å². The van der Waals surface area contributed by atoms with E-state index in [1.165, 1.54) is 0 Å². The number of hydrogen-bond donors (Lipinski definition) is 5. The number of aliphatic hydroxyl groups is 1. The molecule has 5 N–H and O–H groups in total. The van der Waals surface area contributed by atoms with Crippen molar-refractivity contribution in [2.45, 2.75) is 37.8 Å². The molecular formula is C11H15NO9. The van der Waals surface area contributed by atoms with Gasteiger partial charge >= 0.3 is 17.9 Å². The van der Waals surface area contributed by atoms with Gasteiger partial charge in [-0.25, -0.2) is 14.4 Å². The van der Waals surface area contributed by atoms with Gasteiger partial charge < -0.3 is 25.7 Å². The molecule has 10 nitrogen and oxygen atoms in total. The second-order valence-corrected chi connectivity index (χ2v) is 4.14. The van der Waals surface area contributed by atoms with Gasteiger partial charge in [-0.2, -0.15) is 0 Å². The molecule has 0 heterocycles. The Kier molecular flexibility index (Phi) is 7.61. The molecule has 0 radical (unpaired) electrons. The monoisotopic (exact) mass is 305 g/mol. The Labute approximate surface area is 118 Å². The highest BCUT2D eigenvalue weighted by atomic mass is 16.4. The Balaban J connectivity index is 4.34. The number of hydrogen-bond acceptors (Lipinski definition) is 6. The number of amides is 1. The summed E-state index contributed by atoms with van der Waals surface area (Å²) >= 11 is 0. The summed E-state index contributed by atoms with van der Waals surface area (Å²) in [5.41, 5.74) is 0. The maximum atomic E-state index is 11.3. The molecule has 21 heavy (non-hydrogen) atoms. The van der Waals surface area contributed by atoms with Crippen molar-refractivity contribution in [3.05, 3.63) is 0 Å². The normalized spacial score (nSPS) is 13.0. The van der Waals surface area contributed by atoms with Crippen LogP contribution in [0.1, 0.15) is 25.7 Å². The van der Waals surface area contributed by atoms with Crippen molar-refractivity contribution < 1.29 is 44.4 Å². The smallest absolute Gasteiger partial charge is 0.372 e. The summed E-state index contributed by atoms with van der Waals surface area (Å²) in [5, 5.41) is 36.5. The lowest BCUT2D eigenvalue weighted by Crippen LogP contribution is -2.42. The summed E-state index contributed by atoms with van der Waals surface area (Å²) in [5.74, 6) is -6.73. The molecule has 118 valence electrons. The maximum absolute atomic E-state index is 11.3. The van der Waals surface area contributed by atoms with E-state index in [2.05, 4.69) is 0 Å². The number of carboxylic acid groups (broad SMARTS) is 3. The van der Waals surface area contributed by atoms with Crippen molar-refractivity contribution in [1.82, 2.24) is 5.32 Å². The lowest BCUT2D eigenvalue weighted by Gasteiger charge is -2.14. The number of Topliss-reactive ketones (excluding diaryl/α,β-unsaturated/α-hetero) is 1. The molecule has 0 spiro atoms. The summed E-state index contributed by atoms with van der Waals surface area (Å²) in [6.07, 6.45) is -3.43. The SMILES string of the molecule is O=C(CC(O)C(=O)O)NC(CCCC(=O)C(=O)O)C(=O)O. The van der Waals surface area contributed by atoms with Gasteiger partial charge in [-0.15, -0.1) is 0 Å². The van der Waals surface area contributed by atoms with Gasteiger partial charge in [0.15, 0.2) is 6.10 Å². The van der Waals surface area contributed by atoms with Gasteiger partial charge in [-0.3, -0.25) is 9.59 Å². The Morgan fingerprint density at radius 1 is 0.952 bits per heavy atom. The Morgan fingerprint density at radius 3 is 1.95 bits per heavy atom. The van der Waals surface area contributed by atoms with Crippen LogP contribution in [0.5, 0.6) is 0 Å². The highest BCUT2D eigenvalue weighted by Gasteiger charge is 2.24. The first-order chi connectivity index (χ1) is 9.65.